The monoisotopic (exact) mass is 456 g/mol. The largest absolute Gasteiger partial charge is 0.356 e. The van der Waals surface area contributed by atoms with Crippen LogP contribution in [-0.2, 0) is 13.1 Å². The van der Waals surface area contributed by atoms with Gasteiger partial charge in [0.15, 0.2) is 5.11 Å². The van der Waals surface area contributed by atoms with E-state index >= 15 is 0 Å². The van der Waals surface area contributed by atoms with Gasteiger partial charge in [-0.3, -0.25) is 9.78 Å². The van der Waals surface area contributed by atoms with E-state index in [1.807, 2.05) is 54.4 Å². The minimum absolute atomic E-state index is 0.0376. The maximum Gasteiger partial charge on any atom is 0.253 e. The summed E-state index contributed by atoms with van der Waals surface area (Å²) in [5, 5.41) is 5.05. The fourth-order valence-corrected chi connectivity index (χ4v) is 4.21. The Morgan fingerprint density at radius 3 is 2.61 bits per heavy atom. The maximum atomic E-state index is 13.0. The highest BCUT2D eigenvalue weighted by molar-refractivity contribution is 7.80. The van der Waals surface area contributed by atoms with Crippen molar-refractivity contribution in [3.8, 4) is 0 Å². The third kappa shape index (κ3) is 5.29. The molecule has 1 unspecified atom stereocenters. The van der Waals surface area contributed by atoms with E-state index in [-0.39, 0.29) is 11.6 Å². The average Bonchev–Trinajstić information content (AvgIpc) is 2.83. The number of hydrogen-bond acceptors (Lipinski definition) is 3. The second-order valence-electron chi connectivity index (χ2n) is 8.39. The number of nitrogens with one attached hydrogen (secondary N) is 2. The van der Waals surface area contributed by atoms with E-state index in [0.717, 1.165) is 33.2 Å². The first-order chi connectivity index (χ1) is 15.9. The zero-order chi connectivity index (χ0) is 23.4. The van der Waals surface area contributed by atoms with Crippen molar-refractivity contribution in [2.45, 2.75) is 39.9 Å². The number of aromatic amines is 1. The molecular formula is C27H28N4OS. The number of fused-ring (bicyclic) bond motifs is 1. The van der Waals surface area contributed by atoms with Crippen LogP contribution in [0.15, 0.2) is 77.9 Å². The molecule has 0 saturated heterocycles. The van der Waals surface area contributed by atoms with Crippen LogP contribution < -0.4 is 10.9 Å². The summed E-state index contributed by atoms with van der Waals surface area (Å²) in [7, 11) is 0. The number of rotatable bonds is 6. The number of nitrogens with zero attached hydrogens (tertiary/aromatic N) is 2. The fraction of sp³-hybridized carbons (Fsp3) is 0.222. The van der Waals surface area contributed by atoms with Gasteiger partial charge in [0.05, 0.1) is 18.1 Å². The molecule has 2 heterocycles. The lowest BCUT2D eigenvalue weighted by Gasteiger charge is -2.28. The van der Waals surface area contributed by atoms with Crippen molar-refractivity contribution < 1.29 is 0 Å². The predicted octanol–water partition coefficient (Wildman–Crippen LogP) is 5.18. The van der Waals surface area contributed by atoms with Crippen LogP contribution >= 0.6 is 12.2 Å². The summed E-state index contributed by atoms with van der Waals surface area (Å²) in [5.74, 6) is 0. The summed E-state index contributed by atoms with van der Waals surface area (Å²) in [5.41, 5.74) is 5.90. The summed E-state index contributed by atoms with van der Waals surface area (Å²) in [6, 6.07) is 20.2. The molecule has 2 aromatic heterocycles. The van der Waals surface area contributed by atoms with Crippen molar-refractivity contribution in [1.29, 1.82) is 0 Å². The molecule has 4 rings (SSSR count). The molecule has 1 atom stereocenters. The maximum absolute atomic E-state index is 13.0. The Kier molecular flexibility index (Phi) is 6.84. The summed E-state index contributed by atoms with van der Waals surface area (Å²) in [4.78, 5) is 22.3. The Morgan fingerprint density at radius 2 is 1.88 bits per heavy atom. The van der Waals surface area contributed by atoms with Crippen LogP contribution in [0.3, 0.4) is 0 Å². The van der Waals surface area contributed by atoms with Gasteiger partial charge in [0.1, 0.15) is 0 Å². The molecule has 0 bridgehead atoms. The third-order valence-corrected chi connectivity index (χ3v) is 6.39. The first kappa shape index (κ1) is 22.7. The lowest BCUT2D eigenvalue weighted by molar-refractivity contribution is 0.391. The summed E-state index contributed by atoms with van der Waals surface area (Å²) in [6.45, 7) is 7.10. The van der Waals surface area contributed by atoms with Crippen LogP contribution in [0, 0.1) is 13.8 Å². The Balaban J connectivity index is 1.63. The molecule has 0 amide bonds. The number of benzene rings is 2. The number of thiocarbonyl (C=S) groups is 1. The van der Waals surface area contributed by atoms with Gasteiger partial charge in [0.25, 0.3) is 5.56 Å². The Labute approximate surface area is 199 Å². The smallest absolute Gasteiger partial charge is 0.253 e. The van der Waals surface area contributed by atoms with Gasteiger partial charge < -0.3 is 15.2 Å². The molecule has 6 heteroatoms. The molecule has 4 aromatic rings. The number of aryl methyl sites for hydroxylation is 2. The highest BCUT2D eigenvalue weighted by atomic mass is 32.1. The molecule has 2 N–H and O–H groups in total. The number of aromatic nitrogens is 2. The Hall–Kier alpha value is -3.51. The van der Waals surface area contributed by atoms with Gasteiger partial charge in [-0.05, 0) is 72.8 Å². The van der Waals surface area contributed by atoms with E-state index in [4.69, 9.17) is 12.2 Å². The van der Waals surface area contributed by atoms with E-state index < -0.39 is 0 Å². The second kappa shape index (κ2) is 9.96. The van der Waals surface area contributed by atoms with Gasteiger partial charge in [-0.15, -0.1) is 0 Å². The van der Waals surface area contributed by atoms with Gasteiger partial charge in [-0.25, -0.2) is 0 Å². The van der Waals surface area contributed by atoms with Gasteiger partial charge in [0, 0.05) is 24.5 Å². The molecule has 0 spiro atoms. The van der Waals surface area contributed by atoms with Crippen LogP contribution in [0.25, 0.3) is 10.9 Å². The molecule has 2 aromatic carbocycles. The summed E-state index contributed by atoms with van der Waals surface area (Å²) in [6.07, 6.45) is 3.58. The first-order valence-corrected chi connectivity index (χ1v) is 11.4. The normalized spacial score (nSPS) is 11.8. The van der Waals surface area contributed by atoms with E-state index in [1.54, 1.807) is 6.20 Å². The predicted molar refractivity (Wildman–Crippen MR) is 138 cm³/mol. The first-order valence-electron chi connectivity index (χ1n) is 11.0. The van der Waals surface area contributed by atoms with Gasteiger partial charge in [-0.2, -0.15) is 0 Å². The molecular weight excluding hydrogens is 428 g/mol. The van der Waals surface area contributed by atoms with E-state index in [9.17, 15) is 4.79 Å². The molecule has 168 valence electrons. The highest BCUT2D eigenvalue weighted by Gasteiger charge is 2.17. The Morgan fingerprint density at radius 1 is 1.09 bits per heavy atom. The van der Waals surface area contributed by atoms with Crippen molar-refractivity contribution in [2.24, 2.45) is 0 Å². The standard InChI is InChI=1S/C27H28N4OS/c1-18-11-12-23-14-24(26(32)30-25(23)19(18)2)17-31(16-21-8-7-13-28-15-21)27(33)29-20(3)22-9-5-4-6-10-22/h4-15,20H,16-17H2,1-3H3,(H,29,33)(H,30,32). The summed E-state index contributed by atoms with van der Waals surface area (Å²) >= 11 is 5.81. The van der Waals surface area contributed by atoms with Crippen LogP contribution in [-0.4, -0.2) is 20.0 Å². The van der Waals surface area contributed by atoms with Crippen LogP contribution in [0.2, 0.25) is 0 Å². The molecule has 0 radical (unpaired) electrons. The van der Waals surface area contributed by atoms with Crippen molar-refractivity contribution in [1.82, 2.24) is 20.2 Å². The van der Waals surface area contributed by atoms with Crippen LogP contribution in [0.4, 0.5) is 0 Å². The van der Waals surface area contributed by atoms with E-state index in [1.165, 1.54) is 0 Å². The Bertz CT molecular complexity index is 1320. The lowest BCUT2D eigenvalue weighted by atomic mass is 10.0. The molecule has 0 aliphatic rings. The van der Waals surface area contributed by atoms with E-state index in [2.05, 4.69) is 53.4 Å². The van der Waals surface area contributed by atoms with Gasteiger partial charge in [0.2, 0.25) is 0 Å². The number of hydrogen-bond donors (Lipinski definition) is 2. The average molecular weight is 457 g/mol. The van der Waals surface area contributed by atoms with Crippen molar-refractivity contribution in [2.75, 3.05) is 0 Å². The van der Waals surface area contributed by atoms with Gasteiger partial charge in [-0.1, -0.05) is 48.5 Å². The zero-order valence-electron chi connectivity index (χ0n) is 19.1. The molecule has 0 saturated carbocycles. The van der Waals surface area contributed by atoms with E-state index in [0.29, 0.717) is 23.8 Å². The molecule has 33 heavy (non-hydrogen) atoms. The zero-order valence-corrected chi connectivity index (χ0v) is 19.9. The second-order valence-corrected chi connectivity index (χ2v) is 8.78. The minimum Gasteiger partial charge on any atom is -0.356 e. The molecule has 0 fully saturated rings. The third-order valence-electron chi connectivity index (χ3n) is 6.01. The number of H-pyrrole nitrogens is 1. The lowest BCUT2D eigenvalue weighted by Crippen LogP contribution is -2.41. The van der Waals surface area contributed by atoms with Crippen LogP contribution in [0.1, 0.15) is 40.8 Å². The highest BCUT2D eigenvalue weighted by Crippen LogP contribution is 2.20. The molecule has 0 aliphatic heterocycles. The number of pyridine rings is 2. The van der Waals surface area contributed by atoms with Crippen molar-refractivity contribution >= 4 is 28.2 Å². The quantitative estimate of drug-likeness (QED) is 0.392. The van der Waals surface area contributed by atoms with Crippen molar-refractivity contribution in [3.63, 3.8) is 0 Å². The molecule has 5 nitrogen and oxygen atoms in total. The summed E-state index contributed by atoms with van der Waals surface area (Å²) < 4.78 is 0. The molecule has 0 aliphatic carbocycles. The van der Waals surface area contributed by atoms with Crippen molar-refractivity contribution in [3.05, 3.63) is 111 Å². The fourth-order valence-electron chi connectivity index (χ4n) is 3.91. The van der Waals surface area contributed by atoms with Crippen LogP contribution in [0.5, 0.6) is 0 Å². The minimum atomic E-state index is -0.0914. The SMILES string of the molecule is Cc1ccc2cc(CN(Cc3cccnc3)C(=S)NC(C)c3ccccc3)c(=O)[nH]c2c1C. The van der Waals surface area contributed by atoms with Gasteiger partial charge >= 0.3 is 0 Å². The topological polar surface area (TPSA) is 61.0 Å².